The third-order valence-electron chi connectivity index (χ3n) is 4.43. The van der Waals surface area contributed by atoms with Crippen LogP contribution in [-0.2, 0) is 17.8 Å². The lowest BCUT2D eigenvalue weighted by Gasteiger charge is -2.35. The number of primary amides is 1. The monoisotopic (exact) mass is 335 g/mol. The number of nitrogens with zero attached hydrogens (tertiary/aromatic N) is 1. The Labute approximate surface area is 147 Å². The van der Waals surface area contributed by atoms with Gasteiger partial charge in [-0.1, -0.05) is 42.5 Å². The fourth-order valence-corrected chi connectivity index (χ4v) is 3.15. The highest BCUT2D eigenvalue weighted by atomic mass is 16.2. The summed E-state index contributed by atoms with van der Waals surface area (Å²) in [7, 11) is 0. The number of benzene rings is 2. The van der Waals surface area contributed by atoms with Crippen molar-refractivity contribution in [1.82, 2.24) is 4.90 Å². The maximum Gasteiger partial charge on any atom is 0.256 e. The van der Waals surface area contributed by atoms with Crippen molar-refractivity contribution in [2.24, 2.45) is 5.73 Å². The van der Waals surface area contributed by atoms with Crippen molar-refractivity contribution in [2.45, 2.75) is 19.0 Å². The van der Waals surface area contributed by atoms with E-state index in [0.29, 0.717) is 25.1 Å². The van der Waals surface area contributed by atoms with E-state index in [2.05, 4.69) is 11.9 Å². The van der Waals surface area contributed by atoms with Gasteiger partial charge in [0.15, 0.2) is 0 Å². The fourth-order valence-electron chi connectivity index (χ4n) is 3.15. The quantitative estimate of drug-likeness (QED) is 0.824. The molecule has 1 heterocycles. The minimum absolute atomic E-state index is 0.203. The third-order valence-corrected chi connectivity index (χ3v) is 4.43. The third kappa shape index (κ3) is 3.40. The van der Waals surface area contributed by atoms with E-state index in [1.807, 2.05) is 42.5 Å². The summed E-state index contributed by atoms with van der Waals surface area (Å²) in [6, 6.07) is 14.5. The van der Waals surface area contributed by atoms with E-state index >= 15 is 0 Å². The predicted octanol–water partition coefficient (Wildman–Crippen LogP) is 2.34. The first-order valence-electron chi connectivity index (χ1n) is 8.22. The molecule has 3 N–H and O–H groups in total. The number of fused-ring (bicyclic) bond motifs is 1. The van der Waals surface area contributed by atoms with E-state index in [4.69, 9.17) is 5.73 Å². The van der Waals surface area contributed by atoms with Crippen LogP contribution in [-0.4, -0.2) is 29.3 Å². The molecule has 25 heavy (non-hydrogen) atoms. The molecule has 2 amide bonds. The van der Waals surface area contributed by atoms with Gasteiger partial charge in [-0.05, 0) is 23.3 Å². The van der Waals surface area contributed by atoms with Gasteiger partial charge in [-0.3, -0.25) is 9.59 Å². The number of hydrogen-bond acceptors (Lipinski definition) is 3. The van der Waals surface area contributed by atoms with Crippen molar-refractivity contribution in [1.29, 1.82) is 0 Å². The smallest absolute Gasteiger partial charge is 0.256 e. The summed E-state index contributed by atoms with van der Waals surface area (Å²) in [5, 5.41) is 3.16. The molecule has 0 saturated carbocycles. The zero-order valence-electron chi connectivity index (χ0n) is 13.9. The second-order valence-electron chi connectivity index (χ2n) is 6.04. The van der Waals surface area contributed by atoms with E-state index in [0.717, 1.165) is 16.8 Å². The second kappa shape index (κ2) is 7.21. The summed E-state index contributed by atoms with van der Waals surface area (Å²) < 4.78 is 0. The average Bonchev–Trinajstić information content (AvgIpc) is 2.65. The zero-order chi connectivity index (χ0) is 17.8. The van der Waals surface area contributed by atoms with Crippen LogP contribution in [0.3, 0.4) is 0 Å². The number of rotatable bonds is 5. The summed E-state index contributed by atoms with van der Waals surface area (Å²) in [5.41, 5.74) is 8.94. The van der Waals surface area contributed by atoms with Crippen LogP contribution in [0.2, 0.25) is 0 Å². The van der Waals surface area contributed by atoms with Gasteiger partial charge in [0.1, 0.15) is 6.04 Å². The van der Waals surface area contributed by atoms with Gasteiger partial charge in [-0.2, -0.15) is 0 Å². The van der Waals surface area contributed by atoms with Crippen LogP contribution in [0.1, 0.15) is 21.5 Å². The Hall–Kier alpha value is -3.08. The zero-order valence-corrected chi connectivity index (χ0v) is 13.9. The molecule has 0 aliphatic carbocycles. The summed E-state index contributed by atoms with van der Waals surface area (Å²) in [6.45, 7) is 4.60. The maximum atomic E-state index is 13.2. The first-order chi connectivity index (χ1) is 12.1. The summed E-state index contributed by atoms with van der Waals surface area (Å²) in [4.78, 5) is 26.7. The lowest BCUT2D eigenvalue weighted by atomic mass is 9.93. The number of carbonyl (C=O) groups excluding carboxylic acids is 2. The van der Waals surface area contributed by atoms with Gasteiger partial charge < -0.3 is 16.0 Å². The summed E-state index contributed by atoms with van der Waals surface area (Å²) in [6.07, 6.45) is 2.17. The Bertz CT molecular complexity index is 816. The molecule has 128 valence electrons. The molecule has 1 aliphatic heterocycles. The Morgan fingerprint density at radius 3 is 2.56 bits per heavy atom. The number of para-hydroxylation sites is 1. The topological polar surface area (TPSA) is 75.4 Å². The summed E-state index contributed by atoms with van der Waals surface area (Å²) >= 11 is 0. The van der Waals surface area contributed by atoms with Gasteiger partial charge in [0, 0.05) is 25.2 Å². The fraction of sp³-hybridized carbons (Fsp3) is 0.200. The molecular weight excluding hydrogens is 314 g/mol. The van der Waals surface area contributed by atoms with Crippen molar-refractivity contribution in [3.8, 4) is 0 Å². The van der Waals surface area contributed by atoms with Crippen LogP contribution >= 0.6 is 0 Å². The minimum Gasteiger partial charge on any atom is -0.381 e. The van der Waals surface area contributed by atoms with Crippen LogP contribution in [0.5, 0.6) is 0 Å². The normalized spacial score (nSPS) is 16.0. The molecule has 5 heteroatoms. The number of amides is 2. The molecule has 0 saturated heterocycles. The SMILES string of the molecule is C=CCNc1ccccc1C(=O)N1Cc2ccccc2C[C@@H]1C(N)=O. The second-order valence-corrected chi connectivity index (χ2v) is 6.04. The van der Waals surface area contributed by atoms with Crippen LogP contribution in [0.25, 0.3) is 0 Å². The molecule has 1 atom stereocenters. The van der Waals surface area contributed by atoms with Crippen LogP contribution in [0, 0.1) is 0 Å². The molecule has 0 fully saturated rings. The van der Waals surface area contributed by atoms with E-state index in [-0.39, 0.29) is 5.91 Å². The average molecular weight is 335 g/mol. The highest BCUT2D eigenvalue weighted by Gasteiger charge is 2.34. The summed E-state index contributed by atoms with van der Waals surface area (Å²) in [5.74, 6) is -0.690. The molecular formula is C20H21N3O2. The molecule has 0 unspecified atom stereocenters. The first kappa shape index (κ1) is 16.8. The van der Waals surface area contributed by atoms with Gasteiger partial charge in [0.25, 0.3) is 5.91 Å². The van der Waals surface area contributed by atoms with E-state index in [1.54, 1.807) is 17.0 Å². The van der Waals surface area contributed by atoms with Gasteiger partial charge >= 0.3 is 0 Å². The molecule has 1 aliphatic rings. The first-order valence-corrected chi connectivity index (χ1v) is 8.22. The van der Waals surface area contributed by atoms with Gasteiger partial charge in [-0.25, -0.2) is 0 Å². The van der Waals surface area contributed by atoms with Crippen molar-refractivity contribution >= 4 is 17.5 Å². The van der Waals surface area contributed by atoms with Gasteiger partial charge in [0.05, 0.1) is 5.56 Å². The molecule has 3 rings (SSSR count). The molecule has 0 bridgehead atoms. The van der Waals surface area contributed by atoms with E-state index in [9.17, 15) is 9.59 Å². The Kier molecular flexibility index (Phi) is 4.84. The Balaban J connectivity index is 1.95. The maximum absolute atomic E-state index is 13.2. The number of nitrogens with one attached hydrogen (secondary N) is 1. The predicted molar refractivity (Wildman–Crippen MR) is 98.1 cm³/mol. The molecule has 2 aromatic rings. The van der Waals surface area contributed by atoms with Gasteiger partial charge in [0.2, 0.25) is 5.91 Å². The number of carbonyl (C=O) groups is 2. The largest absolute Gasteiger partial charge is 0.381 e. The highest BCUT2D eigenvalue weighted by Crippen LogP contribution is 2.27. The standard InChI is InChI=1S/C20H21N3O2/c1-2-11-22-17-10-6-5-9-16(17)20(25)23-13-15-8-4-3-7-14(15)12-18(23)19(21)24/h2-10,18,22H,1,11-13H2,(H2,21,24)/t18-/m1/s1. The number of anilines is 1. The number of hydrogen-bond donors (Lipinski definition) is 2. The van der Waals surface area contributed by atoms with E-state index < -0.39 is 11.9 Å². The molecule has 2 aromatic carbocycles. The molecule has 0 aromatic heterocycles. The Morgan fingerprint density at radius 2 is 1.84 bits per heavy atom. The highest BCUT2D eigenvalue weighted by molar-refractivity contribution is 6.02. The molecule has 0 spiro atoms. The van der Waals surface area contributed by atoms with Crippen molar-refractivity contribution in [3.63, 3.8) is 0 Å². The minimum atomic E-state index is -0.644. The molecule has 5 nitrogen and oxygen atoms in total. The number of nitrogens with two attached hydrogens (primary N) is 1. The van der Waals surface area contributed by atoms with Gasteiger partial charge in [-0.15, -0.1) is 6.58 Å². The van der Waals surface area contributed by atoms with Crippen molar-refractivity contribution in [3.05, 3.63) is 77.9 Å². The lowest BCUT2D eigenvalue weighted by Crippen LogP contribution is -2.51. The van der Waals surface area contributed by atoms with Crippen LogP contribution in [0.15, 0.2) is 61.2 Å². The van der Waals surface area contributed by atoms with E-state index in [1.165, 1.54) is 0 Å². The van der Waals surface area contributed by atoms with Crippen molar-refractivity contribution in [2.75, 3.05) is 11.9 Å². The van der Waals surface area contributed by atoms with Crippen molar-refractivity contribution < 1.29 is 9.59 Å². The van der Waals surface area contributed by atoms with Crippen LogP contribution < -0.4 is 11.1 Å². The lowest BCUT2D eigenvalue weighted by molar-refractivity contribution is -0.122. The van der Waals surface area contributed by atoms with Crippen LogP contribution in [0.4, 0.5) is 5.69 Å². The molecule has 0 radical (unpaired) electrons. The Morgan fingerprint density at radius 1 is 1.16 bits per heavy atom.